The highest BCUT2D eigenvalue weighted by atomic mass is 19.1. The summed E-state index contributed by atoms with van der Waals surface area (Å²) in [6.45, 7) is 6.21. The molecule has 0 spiro atoms. The number of carbonyl (C=O) groups is 2. The monoisotopic (exact) mass is 312 g/mol. The Hall–Kier alpha value is -1.98. The average molecular weight is 312 g/mol. The van der Waals surface area contributed by atoms with Gasteiger partial charge in [-0.15, -0.1) is 0 Å². The second kappa shape index (κ2) is 8.46. The number of hydrogen-bond acceptors (Lipinski definition) is 2. The minimum atomic E-state index is -0.902. The summed E-state index contributed by atoms with van der Waals surface area (Å²) in [7, 11) is 0. The lowest BCUT2D eigenvalue weighted by atomic mass is 10.1. The summed E-state index contributed by atoms with van der Waals surface area (Å²) in [5.41, 5.74) is -0.209. The van der Waals surface area contributed by atoms with Crippen molar-refractivity contribution in [2.24, 2.45) is 5.92 Å². The van der Waals surface area contributed by atoms with E-state index in [1.165, 1.54) is 0 Å². The smallest absolute Gasteiger partial charge is 0.254 e. The minimum absolute atomic E-state index is 0.0802. The summed E-state index contributed by atoms with van der Waals surface area (Å²) in [5, 5.41) is 5.37. The van der Waals surface area contributed by atoms with Gasteiger partial charge in [0.25, 0.3) is 5.91 Å². The Bertz CT molecular complexity index is 533. The molecule has 0 fully saturated rings. The predicted octanol–water partition coefficient (Wildman–Crippen LogP) is 2.64. The number of rotatable bonds is 7. The SMILES string of the molecule is CC(C)C(C)NC(=O)CCCNC(=O)c1ccc(F)cc1F. The first kappa shape index (κ1) is 18.1. The molecule has 6 heteroatoms. The summed E-state index contributed by atoms with van der Waals surface area (Å²) in [6.07, 6.45) is 0.731. The fourth-order valence-electron chi connectivity index (χ4n) is 1.71. The summed E-state index contributed by atoms with van der Waals surface area (Å²) in [5.74, 6) is -1.98. The molecule has 0 radical (unpaired) electrons. The van der Waals surface area contributed by atoms with Crippen LogP contribution in [0.15, 0.2) is 18.2 Å². The second-order valence-electron chi connectivity index (χ2n) is 5.58. The fraction of sp³-hybridized carbons (Fsp3) is 0.500. The zero-order valence-electron chi connectivity index (χ0n) is 13.1. The Morgan fingerprint density at radius 3 is 2.45 bits per heavy atom. The van der Waals surface area contributed by atoms with Crippen LogP contribution in [0.3, 0.4) is 0 Å². The van der Waals surface area contributed by atoms with Crippen LogP contribution in [-0.4, -0.2) is 24.4 Å². The van der Waals surface area contributed by atoms with Crippen LogP contribution in [-0.2, 0) is 4.79 Å². The van der Waals surface area contributed by atoms with Crippen molar-refractivity contribution in [3.8, 4) is 0 Å². The van der Waals surface area contributed by atoms with E-state index < -0.39 is 17.5 Å². The number of benzene rings is 1. The van der Waals surface area contributed by atoms with Gasteiger partial charge in [0.2, 0.25) is 5.91 Å². The highest BCUT2D eigenvalue weighted by Gasteiger charge is 2.13. The lowest BCUT2D eigenvalue weighted by Gasteiger charge is -2.17. The summed E-state index contributed by atoms with van der Waals surface area (Å²) < 4.78 is 26.1. The summed E-state index contributed by atoms with van der Waals surface area (Å²) >= 11 is 0. The van der Waals surface area contributed by atoms with E-state index in [4.69, 9.17) is 0 Å². The third kappa shape index (κ3) is 5.79. The Morgan fingerprint density at radius 2 is 1.86 bits per heavy atom. The maximum absolute atomic E-state index is 13.4. The molecular weight excluding hydrogens is 290 g/mol. The fourth-order valence-corrected chi connectivity index (χ4v) is 1.71. The van der Waals surface area contributed by atoms with E-state index in [1.54, 1.807) is 0 Å². The van der Waals surface area contributed by atoms with Gasteiger partial charge in [0.1, 0.15) is 11.6 Å². The van der Waals surface area contributed by atoms with Crippen LogP contribution < -0.4 is 10.6 Å². The molecule has 1 aromatic rings. The largest absolute Gasteiger partial charge is 0.353 e. The third-order valence-electron chi connectivity index (χ3n) is 3.43. The van der Waals surface area contributed by atoms with Crippen LogP contribution in [0.25, 0.3) is 0 Å². The Labute approximate surface area is 129 Å². The first-order chi connectivity index (χ1) is 10.3. The molecule has 1 unspecified atom stereocenters. The van der Waals surface area contributed by atoms with Crippen LogP contribution in [0.1, 0.15) is 44.0 Å². The number of nitrogens with one attached hydrogen (secondary N) is 2. The van der Waals surface area contributed by atoms with Crippen LogP contribution in [0.2, 0.25) is 0 Å². The van der Waals surface area contributed by atoms with E-state index >= 15 is 0 Å². The van der Waals surface area contributed by atoms with Crippen LogP contribution in [0.5, 0.6) is 0 Å². The van der Waals surface area contributed by atoms with Gasteiger partial charge in [-0.1, -0.05) is 13.8 Å². The van der Waals surface area contributed by atoms with E-state index in [0.717, 1.165) is 12.1 Å². The Balaban J connectivity index is 2.32. The summed E-state index contributed by atoms with van der Waals surface area (Å²) in [6, 6.07) is 2.88. The van der Waals surface area contributed by atoms with E-state index in [1.807, 2.05) is 20.8 Å². The third-order valence-corrected chi connectivity index (χ3v) is 3.43. The molecule has 0 saturated heterocycles. The Morgan fingerprint density at radius 1 is 1.18 bits per heavy atom. The normalized spacial score (nSPS) is 12.1. The minimum Gasteiger partial charge on any atom is -0.353 e. The van der Waals surface area contributed by atoms with Gasteiger partial charge in [-0.05, 0) is 31.4 Å². The molecule has 2 N–H and O–H groups in total. The van der Waals surface area contributed by atoms with Crippen LogP contribution in [0.4, 0.5) is 8.78 Å². The molecule has 0 aliphatic heterocycles. The topological polar surface area (TPSA) is 58.2 Å². The second-order valence-corrected chi connectivity index (χ2v) is 5.58. The maximum Gasteiger partial charge on any atom is 0.254 e. The molecule has 0 aliphatic rings. The zero-order valence-corrected chi connectivity index (χ0v) is 13.1. The van der Waals surface area contributed by atoms with Crippen molar-refractivity contribution in [2.75, 3.05) is 6.54 Å². The summed E-state index contributed by atoms with van der Waals surface area (Å²) in [4.78, 5) is 23.4. The Kier molecular flexibility index (Phi) is 6.95. The highest BCUT2D eigenvalue weighted by molar-refractivity contribution is 5.94. The molecular formula is C16H22F2N2O2. The molecule has 2 amide bonds. The molecule has 0 aliphatic carbocycles. The highest BCUT2D eigenvalue weighted by Crippen LogP contribution is 2.09. The molecule has 0 aromatic heterocycles. The van der Waals surface area contributed by atoms with Crippen molar-refractivity contribution >= 4 is 11.8 Å². The van der Waals surface area contributed by atoms with Gasteiger partial charge in [0.15, 0.2) is 0 Å². The molecule has 0 bridgehead atoms. The average Bonchev–Trinajstić information content (AvgIpc) is 2.43. The van der Waals surface area contributed by atoms with Crippen molar-refractivity contribution < 1.29 is 18.4 Å². The molecule has 1 atom stereocenters. The molecule has 22 heavy (non-hydrogen) atoms. The van der Waals surface area contributed by atoms with Crippen LogP contribution in [0, 0.1) is 17.6 Å². The number of halogens is 2. The molecule has 122 valence electrons. The molecule has 0 heterocycles. The first-order valence-electron chi connectivity index (χ1n) is 7.34. The van der Waals surface area contributed by atoms with Crippen molar-refractivity contribution in [1.29, 1.82) is 0 Å². The molecule has 1 rings (SSSR count). The molecule has 0 saturated carbocycles. The van der Waals surface area contributed by atoms with Crippen molar-refractivity contribution in [3.63, 3.8) is 0 Å². The van der Waals surface area contributed by atoms with Gasteiger partial charge in [0, 0.05) is 25.1 Å². The van der Waals surface area contributed by atoms with E-state index in [-0.39, 0.29) is 30.5 Å². The van der Waals surface area contributed by atoms with Crippen molar-refractivity contribution in [2.45, 2.75) is 39.7 Å². The quantitative estimate of drug-likeness (QED) is 0.760. The standard InChI is InChI=1S/C16H22F2N2O2/c1-10(2)11(3)20-15(21)5-4-8-19-16(22)13-7-6-12(17)9-14(13)18/h6-7,9-11H,4-5,8H2,1-3H3,(H,19,22)(H,20,21). The van der Waals surface area contributed by atoms with Gasteiger partial charge >= 0.3 is 0 Å². The van der Waals surface area contributed by atoms with Crippen LogP contribution >= 0.6 is 0 Å². The number of amides is 2. The van der Waals surface area contributed by atoms with Gasteiger partial charge in [-0.3, -0.25) is 9.59 Å². The van der Waals surface area contributed by atoms with Crippen molar-refractivity contribution in [1.82, 2.24) is 10.6 Å². The number of hydrogen-bond donors (Lipinski definition) is 2. The van der Waals surface area contributed by atoms with E-state index in [0.29, 0.717) is 18.4 Å². The lowest BCUT2D eigenvalue weighted by molar-refractivity contribution is -0.122. The lowest BCUT2D eigenvalue weighted by Crippen LogP contribution is -2.36. The van der Waals surface area contributed by atoms with Gasteiger partial charge in [-0.2, -0.15) is 0 Å². The number of carbonyl (C=O) groups excluding carboxylic acids is 2. The first-order valence-corrected chi connectivity index (χ1v) is 7.34. The molecule has 1 aromatic carbocycles. The van der Waals surface area contributed by atoms with Gasteiger partial charge < -0.3 is 10.6 Å². The van der Waals surface area contributed by atoms with E-state index in [2.05, 4.69) is 10.6 Å². The predicted molar refractivity (Wildman–Crippen MR) is 80.4 cm³/mol. The van der Waals surface area contributed by atoms with Crippen molar-refractivity contribution in [3.05, 3.63) is 35.4 Å². The van der Waals surface area contributed by atoms with Gasteiger partial charge in [-0.25, -0.2) is 8.78 Å². The van der Waals surface area contributed by atoms with Gasteiger partial charge in [0.05, 0.1) is 5.56 Å². The molecule has 4 nitrogen and oxygen atoms in total. The maximum atomic E-state index is 13.4. The van der Waals surface area contributed by atoms with E-state index in [9.17, 15) is 18.4 Å². The zero-order chi connectivity index (χ0) is 16.7.